The van der Waals surface area contributed by atoms with E-state index in [1.807, 2.05) is 0 Å². The van der Waals surface area contributed by atoms with Gasteiger partial charge in [-0.05, 0) is 84.9 Å². The number of rotatable bonds is 2. The third-order valence-corrected chi connectivity index (χ3v) is 8.85. The second kappa shape index (κ2) is 3.00. The second-order valence-corrected chi connectivity index (χ2v) is 8.93. The molecule has 4 bridgehead atoms. The molecule has 0 heteroatoms. The number of fused-ring (bicyclic) bond motifs is 4. The predicted molar refractivity (Wildman–Crippen MR) is 76.4 cm³/mol. The van der Waals surface area contributed by atoms with Crippen molar-refractivity contribution in [2.45, 2.75) is 46.0 Å². The minimum atomic E-state index is 0.968. The molecule has 6 aliphatic rings. The summed E-state index contributed by atoms with van der Waals surface area (Å²) in [4.78, 5) is 0. The van der Waals surface area contributed by atoms with Gasteiger partial charge in [-0.2, -0.15) is 0 Å². The van der Waals surface area contributed by atoms with E-state index in [-0.39, 0.29) is 0 Å². The molecule has 0 spiro atoms. The number of hydrogen-bond donors (Lipinski definition) is 0. The first-order valence-corrected chi connectivity index (χ1v) is 9.03. The van der Waals surface area contributed by atoms with E-state index in [0.717, 1.165) is 53.3 Å². The van der Waals surface area contributed by atoms with Gasteiger partial charge in [0, 0.05) is 0 Å². The summed E-state index contributed by atoms with van der Waals surface area (Å²) in [5.41, 5.74) is 4.15. The molecular formula is C19H26. The van der Waals surface area contributed by atoms with Crippen LogP contribution in [0, 0.1) is 59.2 Å². The maximum Gasteiger partial charge on any atom is -0.00946 e. The molecule has 5 saturated carbocycles. The van der Waals surface area contributed by atoms with Crippen molar-refractivity contribution < 1.29 is 0 Å². The fourth-order valence-corrected chi connectivity index (χ4v) is 8.25. The molecule has 0 amide bonds. The van der Waals surface area contributed by atoms with Crippen molar-refractivity contribution in [2.75, 3.05) is 0 Å². The Hall–Kier alpha value is -0.260. The zero-order valence-corrected chi connectivity index (χ0v) is 12.3. The van der Waals surface area contributed by atoms with Gasteiger partial charge in [0.1, 0.15) is 0 Å². The lowest BCUT2D eigenvalue weighted by molar-refractivity contribution is 0.0744. The zero-order valence-electron chi connectivity index (χ0n) is 12.3. The molecule has 0 aromatic rings. The van der Waals surface area contributed by atoms with Crippen molar-refractivity contribution >= 4 is 0 Å². The van der Waals surface area contributed by atoms with Crippen molar-refractivity contribution in [2.24, 2.45) is 59.2 Å². The van der Waals surface area contributed by atoms with Crippen LogP contribution in [0.2, 0.25) is 0 Å². The van der Waals surface area contributed by atoms with Crippen LogP contribution in [0.15, 0.2) is 11.1 Å². The Bertz CT molecular complexity index is 500. The molecule has 6 aliphatic carbocycles. The Morgan fingerprint density at radius 1 is 0.895 bits per heavy atom. The minimum absolute atomic E-state index is 0.968. The highest BCUT2D eigenvalue weighted by molar-refractivity contribution is 5.50. The molecule has 0 aromatic carbocycles. The van der Waals surface area contributed by atoms with Gasteiger partial charge in [-0.3, -0.25) is 0 Å². The van der Waals surface area contributed by atoms with Gasteiger partial charge in [-0.15, -0.1) is 0 Å². The van der Waals surface area contributed by atoms with Crippen LogP contribution in [0.1, 0.15) is 46.0 Å². The van der Waals surface area contributed by atoms with Crippen LogP contribution in [0.4, 0.5) is 0 Å². The predicted octanol–water partition coefficient (Wildman–Crippen LogP) is 4.52. The first-order valence-electron chi connectivity index (χ1n) is 9.03. The molecule has 19 heavy (non-hydrogen) atoms. The van der Waals surface area contributed by atoms with Crippen LogP contribution in [0.5, 0.6) is 0 Å². The van der Waals surface area contributed by atoms with Crippen molar-refractivity contribution in [3.63, 3.8) is 0 Å². The zero-order chi connectivity index (χ0) is 12.5. The van der Waals surface area contributed by atoms with Gasteiger partial charge in [-0.25, -0.2) is 0 Å². The molecule has 10 atom stereocenters. The lowest BCUT2D eigenvalue weighted by Crippen LogP contribution is -2.51. The molecule has 0 nitrogen and oxygen atoms in total. The van der Waals surface area contributed by atoms with Gasteiger partial charge in [0.25, 0.3) is 0 Å². The molecule has 0 aliphatic heterocycles. The Morgan fingerprint density at radius 3 is 2.42 bits per heavy atom. The highest BCUT2D eigenvalue weighted by Gasteiger charge is 2.71. The standard InChI is InChI=1S/C19H26/c1-3-8(2)15-11-4-9-5-12(11)17-16-13-6-10(9)7-14(13)18(16)19(15)17/h8-17H,3-7H2,1-2H3. The van der Waals surface area contributed by atoms with Gasteiger partial charge in [0.2, 0.25) is 0 Å². The molecule has 0 heterocycles. The summed E-state index contributed by atoms with van der Waals surface area (Å²) >= 11 is 0. The van der Waals surface area contributed by atoms with Crippen LogP contribution in [-0.2, 0) is 0 Å². The molecule has 6 rings (SSSR count). The summed E-state index contributed by atoms with van der Waals surface area (Å²) < 4.78 is 0. The van der Waals surface area contributed by atoms with Crippen molar-refractivity contribution in [3.8, 4) is 0 Å². The Balaban J connectivity index is 1.56. The number of allylic oxidation sites excluding steroid dienone is 2. The Kier molecular flexibility index (Phi) is 1.65. The minimum Gasteiger partial charge on any atom is -0.0651 e. The lowest BCUT2D eigenvalue weighted by atomic mass is 9.45. The monoisotopic (exact) mass is 254 g/mol. The molecule has 0 aromatic heterocycles. The highest BCUT2D eigenvalue weighted by Crippen LogP contribution is 2.79. The summed E-state index contributed by atoms with van der Waals surface area (Å²) in [5.74, 6) is 11.1. The topological polar surface area (TPSA) is 0 Å². The second-order valence-electron chi connectivity index (χ2n) is 8.93. The molecule has 0 saturated heterocycles. The van der Waals surface area contributed by atoms with E-state index in [1.54, 1.807) is 25.7 Å². The average molecular weight is 254 g/mol. The third kappa shape index (κ3) is 0.904. The van der Waals surface area contributed by atoms with Gasteiger partial charge >= 0.3 is 0 Å². The molecule has 102 valence electrons. The molecule has 10 unspecified atom stereocenters. The van der Waals surface area contributed by atoms with Gasteiger partial charge < -0.3 is 0 Å². The van der Waals surface area contributed by atoms with Gasteiger partial charge in [-0.1, -0.05) is 31.4 Å². The molecule has 0 N–H and O–H groups in total. The fraction of sp³-hybridized carbons (Fsp3) is 0.895. The number of hydrogen-bond acceptors (Lipinski definition) is 0. The molecule has 0 radical (unpaired) electrons. The van der Waals surface area contributed by atoms with Crippen LogP contribution >= 0.6 is 0 Å². The summed E-state index contributed by atoms with van der Waals surface area (Å²) in [5, 5.41) is 0. The summed E-state index contributed by atoms with van der Waals surface area (Å²) in [7, 11) is 0. The van der Waals surface area contributed by atoms with Crippen molar-refractivity contribution in [3.05, 3.63) is 11.1 Å². The van der Waals surface area contributed by atoms with Gasteiger partial charge in [0.15, 0.2) is 0 Å². The summed E-state index contributed by atoms with van der Waals surface area (Å²) in [6.07, 6.45) is 7.93. The highest BCUT2D eigenvalue weighted by atomic mass is 14.8. The largest absolute Gasteiger partial charge is 0.0651 e. The van der Waals surface area contributed by atoms with E-state index >= 15 is 0 Å². The van der Waals surface area contributed by atoms with E-state index in [2.05, 4.69) is 25.0 Å². The van der Waals surface area contributed by atoms with E-state index in [4.69, 9.17) is 0 Å². The molecular weight excluding hydrogens is 228 g/mol. The normalized spacial score (nSPS) is 63.8. The van der Waals surface area contributed by atoms with E-state index < -0.39 is 0 Å². The van der Waals surface area contributed by atoms with E-state index in [9.17, 15) is 0 Å². The van der Waals surface area contributed by atoms with Crippen molar-refractivity contribution in [1.82, 2.24) is 0 Å². The van der Waals surface area contributed by atoms with Crippen molar-refractivity contribution in [1.29, 1.82) is 0 Å². The van der Waals surface area contributed by atoms with E-state index in [0.29, 0.717) is 0 Å². The van der Waals surface area contributed by atoms with Crippen LogP contribution in [0.25, 0.3) is 0 Å². The first kappa shape index (κ1) is 10.5. The van der Waals surface area contributed by atoms with Crippen LogP contribution in [-0.4, -0.2) is 0 Å². The summed E-state index contributed by atoms with van der Waals surface area (Å²) in [6.45, 7) is 4.99. The Labute approximate surface area is 117 Å². The van der Waals surface area contributed by atoms with Gasteiger partial charge in [0.05, 0.1) is 0 Å². The Morgan fingerprint density at radius 2 is 1.58 bits per heavy atom. The average Bonchev–Trinajstić information content (AvgIpc) is 3.03. The smallest absolute Gasteiger partial charge is 0.00946 e. The maximum atomic E-state index is 2.56. The van der Waals surface area contributed by atoms with Crippen LogP contribution in [0.3, 0.4) is 0 Å². The quantitative estimate of drug-likeness (QED) is 0.636. The van der Waals surface area contributed by atoms with E-state index in [1.165, 1.54) is 12.3 Å². The third-order valence-electron chi connectivity index (χ3n) is 8.85. The maximum absolute atomic E-state index is 2.56. The first-order chi connectivity index (χ1) is 9.29. The summed E-state index contributed by atoms with van der Waals surface area (Å²) in [6, 6.07) is 0. The fourth-order valence-electron chi connectivity index (χ4n) is 8.25. The van der Waals surface area contributed by atoms with Crippen LogP contribution < -0.4 is 0 Å². The SMILES string of the molecule is CCC(C)C1C2=C3C4CC5CC4C3C2C2CC5CC21. The molecule has 5 fully saturated rings. The lowest BCUT2D eigenvalue weighted by Gasteiger charge is -2.59.